The van der Waals surface area contributed by atoms with E-state index in [9.17, 15) is 0 Å². The monoisotopic (exact) mass is 278 g/mol. The number of hydrogen-bond donors (Lipinski definition) is 2. The van der Waals surface area contributed by atoms with Gasteiger partial charge in [-0.25, -0.2) is 0 Å². The van der Waals surface area contributed by atoms with Gasteiger partial charge in [-0.15, -0.1) is 0 Å². The van der Waals surface area contributed by atoms with Gasteiger partial charge in [0.25, 0.3) is 0 Å². The van der Waals surface area contributed by atoms with Gasteiger partial charge in [-0.05, 0) is 0 Å². The second-order valence-corrected chi connectivity index (χ2v) is 2.46. The van der Waals surface area contributed by atoms with Crippen molar-refractivity contribution in [3.8, 4) is 0 Å². The van der Waals surface area contributed by atoms with Gasteiger partial charge < -0.3 is 46.5 Å². The molecule has 0 aromatic rings. The Kier molecular flexibility index (Phi) is 35.6. The first-order valence-corrected chi connectivity index (χ1v) is 5.16. The van der Waals surface area contributed by atoms with Crippen molar-refractivity contribution < 1.29 is 24.4 Å². The summed E-state index contributed by atoms with van der Waals surface area (Å²) in [7, 11) is 0. The third-order valence-corrected chi connectivity index (χ3v) is 1.22. The summed E-state index contributed by atoms with van der Waals surface area (Å²) in [6.45, 7) is 2.76. The van der Waals surface area contributed by atoms with E-state index < -0.39 is 0 Å². The average molecular weight is 278 g/mol. The van der Waals surface area contributed by atoms with E-state index in [1.165, 1.54) is 9.82 Å². The molecule has 0 spiro atoms. The van der Waals surface area contributed by atoms with Crippen LogP contribution in [0.4, 0.5) is 0 Å². The molecule has 0 radical (unpaired) electrons. The van der Waals surface area contributed by atoms with E-state index in [1.807, 2.05) is 0 Å². The van der Waals surface area contributed by atoms with Gasteiger partial charge in [-0.3, -0.25) is 9.82 Å². The van der Waals surface area contributed by atoms with Crippen LogP contribution in [0.3, 0.4) is 0 Å². The molecule has 0 amide bonds. The Balaban J connectivity index is -0.000000360. The molecule has 0 heterocycles. The minimum absolute atomic E-state index is 0.0413. The number of ether oxygens (including phenoxy) is 3. The van der Waals surface area contributed by atoms with E-state index in [0.29, 0.717) is 39.6 Å². The van der Waals surface area contributed by atoms with Crippen molar-refractivity contribution in [2.24, 2.45) is 0 Å². The van der Waals surface area contributed by atoms with E-state index in [-0.39, 0.29) is 13.2 Å². The standard InChI is InChI=1S/C8H18O5.2N3/c9-1-3-11-5-7-13-8-6-12-4-2-10;2*1-3-2/h9-10H,1-8H2;;/q;2*-1. The molecule has 19 heavy (non-hydrogen) atoms. The van der Waals surface area contributed by atoms with Crippen molar-refractivity contribution in [2.75, 3.05) is 52.9 Å². The molecule has 0 saturated heterocycles. The molecule has 11 nitrogen and oxygen atoms in total. The van der Waals surface area contributed by atoms with Crippen molar-refractivity contribution in [2.45, 2.75) is 0 Å². The van der Waals surface area contributed by atoms with Gasteiger partial charge in [0.2, 0.25) is 0 Å². The SMILES string of the molecule is OCCOCCOCCOCCO.[N-]=[N+]=[N-].[N-]=[N+]=[N-]. The molecule has 112 valence electrons. The number of rotatable bonds is 10. The van der Waals surface area contributed by atoms with E-state index in [1.54, 1.807) is 0 Å². The summed E-state index contributed by atoms with van der Waals surface area (Å²) in [5.41, 5.74) is 27.0. The maximum Gasteiger partial charge on any atom is 0.0701 e. The van der Waals surface area contributed by atoms with Gasteiger partial charge in [-0.1, -0.05) is 0 Å². The van der Waals surface area contributed by atoms with Crippen LogP contribution in [0, 0.1) is 0 Å². The van der Waals surface area contributed by atoms with Crippen LogP contribution < -0.4 is 0 Å². The third kappa shape index (κ3) is 48.2. The van der Waals surface area contributed by atoms with Crippen LogP contribution in [0.25, 0.3) is 31.9 Å². The molecular formula is C8H18N6O5-2. The fourth-order valence-corrected chi connectivity index (χ4v) is 0.671. The van der Waals surface area contributed by atoms with Crippen LogP contribution in [0.5, 0.6) is 0 Å². The predicted molar refractivity (Wildman–Crippen MR) is 66.8 cm³/mol. The molecule has 0 aliphatic rings. The molecule has 0 aliphatic carbocycles. The van der Waals surface area contributed by atoms with Crippen LogP contribution in [0.2, 0.25) is 0 Å². The second-order valence-electron chi connectivity index (χ2n) is 2.46. The fourth-order valence-electron chi connectivity index (χ4n) is 0.671. The maximum absolute atomic E-state index is 8.36. The zero-order valence-corrected chi connectivity index (χ0v) is 10.5. The van der Waals surface area contributed by atoms with Crippen molar-refractivity contribution in [1.29, 1.82) is 0 Å². The number of aliphatic hydroxyl groups is 2. The molecule has 2 N–H and O–H groups in total. The lowest BCUT2D eigenvalue weighted by molar-refractivity contribution is 0.00230. The molecule has 11 heteroatoms. The lowest BCUT2D eigenvalue weighted by Crippen LogP contribution is -2.11. The minimum atomic E-state index is 0.0413. The Hall–Kier alpha value is -1.58. The summed E-state index contributed by atoms with van der Waals surface area (Å²) >= 11 is 0. The zero-order chi connectivity index (χ0) is 15.2. The molecule has 0 saturated carbocycles. The third-order valence-electron chi connectivity index (χ3n) is 1.22. The van der Waals surface area contributed by atoms with E-state index >= 15 is 0 Å². The molecule has 0 fully saturated rings. The van der Waals surface area contributed by atoms with Crippen LogP contribution in [-0.2, 0) is 14.2 Å². The quantitative estimate of drug-likeness (QED) is 0.258. The molecular weight excluding hydrogens is 260 g/mol. The summed E-state index contributed by atoms with van der Waals surface area (Å²) < 4.78 is 15.0. The van der Waals surface area contributed by atoms with Crippen molar-refractivity contribution in [3.05, 3.63) is 31.9 Å². The highest BCUT2D eigenvalue weighted by atomic mass is 16.5. The summed E-state index contributed by atoms with van der Waals surface area (Å²) in [5, 5.41) is 16.7. The van der Waals surface area contributed by atoms with E-state index in [4.69, 9.17) is 46.5 Å². The van der Waals surface area contributed by atoms with Gasteiger partial charge in [0, 0.05) is 0 Å². The highest BCUT2D eigenvalue weighted by molar-refractivity contribution is 4.36. The predicted octanol–water partition coefficient (Wildman–Crippen LogP) is 0.753. The average Bonchev–Trinajstić information content (AvgIpc) is 2.39. The molecule has 0 aromatic heterocycles. The van der Waals surface area contributed by atoms with Crippen LogP contribution in [0.1, 0.15) is 0 Å². The van der Waals surface area contributed by atoms with Gasteiger partial charge in [0.15, 0.2) is 0 Å². The van der Waals surface area contributed by atoms with Crippen molar-refractivity contribution in [1.82, 2.24) is 0 Å². The topological polar surface area (TPSA) is 186 Å². The molecule has 0 atom stereocenters. The lowest BCUT2D eigenvalue weighted by atomic mass is 10.7. The summed E-state index contributed by atoms with van der Waals surface area (Å²) in [6, 6.07) is 0. The minimum Gasteiger partial charge on any atom is -0.394 e. The van der Waals surface area contributed by atoms with E-state index in [2.05, 4.69) is 0 Å². The molecule has 0 rings (SSSR count). The maximum atomic E-state index is 8.36. The highest BCUT2D eigenvalue weighted by Gasteiger charge is 1.89. The van der Waals surface area contributed by atoms with Gasteiger partial charge >= 0.3 is 0 Å². The number of hydrogen-bond acceptors (Lipinski definition) is 5. The molecule has 0 bridgehead atoms. The smallest absolute Gasteiger partial charge is 0.0701 e. The normalized spacial score (nSPS) is 8.11. The van der Waals surface area contributed by atoms with Crippen LogP contribution in [0.15, 0.2) is 0 Å². The molecule has 0 aliphatic heterocycles. The Morgan fingerprint density at radius 1 is 0.579 bits per heavy atom. The first-order chi connectivity index (χ1) is 9.24. The second kappa shape index (κ2) is 29.9. The summed E-state index contributed by atoms with van der Waals surface area (Å²) in [6.07, 6.45) is 0. The summed E-state index contributed by atoms with van der Waals surface area (Å²) in [4.78, 5) is 3.00. The van der Waals surface area contributed by atoms with Crippen LogP contribution in [-0.4, -0.2) is 63.1 Å². The summed E-state index contributed by atoms with van der Waals surface area (Å²) in [5.74, 6) is 0. The van der Waals surface area contributed by atoms with Gasteiger partial charge in [-0.2, -0.15) is 0 Å². The van der Waals surface area contributed by atoms with Crippen LogP contribution >= 0.6 is 0 Å². The van der Waals surface area contributed by atoms with Crippen molar-refractivity contribution >= 4 is 0 Å². The van der Waals surface area contributed by atoms with Gasteiger partial charge in [0.1, 0.15) is 0 Å². The number of aliphatic hydroxyl groups excluding tert-OH is 2. The van der Waals surface area contributed by atoms with E-state index in [0.717, 1.165) is 0 Å². The fraction of sp³-hybridized carbons (Fsp3) is 1.00. The Morgan fingerprint density at radius 2 is 0.789 bits per heavy atom. The molecule has 0 unspecified atom stereocenters. The Bertz CT molecular complexity index is 196. The first kappa shape index (κ1) is 22.6. The lowest BCUT2D eigenvalue weighted by Gasteiger charge is -2.04. The number of nitrogens with zero attached hydrogens (tertiary/aromatic N) is 6. The molecule has 0 aromatic carbocycles. The zero-order valence-electron chi connectivity index (χ0n) is 10.5. The highest BCUT2D eigenvalue weighted by Crippen LogP contribution is 1.80. The van der Waals surface area contributed by atoms with Gasteiger partial charge in [0.05, 0.1) is 52.9 Å². The van der Waals surface area contributed by atoms with Crippen molar-refractivity contribution in [3.63, 3.8) is 0 Å². The first-order valence-electron chi connectivity index (χ1n) is 5.16. The Morgan fingerprint density at radius 3 is 1.00 bits per heavy atom. The Labute approximate surface area is 110 Å². The largest absolute Gasteiger partial charge is 0.394 e.